The molecule has 3 rings (SSSR count). The van der Waals surface area contributed by atoms with Crippen LogP contribution in [0.25, 0.3) is 0 Å². The highest BCUT2D eigenvalue weighted by Gasteiger charge is 2.08. The molecule has 0 aliphatic rings. The number of hydrogen-bond donors (Lipinski definition) is 1. The van der Waals surface area contributed by atoms with Gasteiger partial charge in [-0.3, -0.25) is 9.47 Å². The minimum atomic E-state index is -0.157. The Morgan fingerprint density at radius 1 is 1.20 bits per heavy atom. The predicted molar refractivity (Wildman–Crippen MR) is 100.0 cm³/mol. The Morgan fingerprint density at radius 3 is 2.60 bits per heavy atom. The van der Waals surface area contributed by atoms with E-state index in [2.05, 4.69) is 29.5 Å². The third-order valence-corrected chi connectivity index (χ3v) is 4.30. The number of amides is 1. The highest BCUT2D eigenvalue weighted by Crippen LogP contribution is 2.12. The van der Waals surface area contributed by atoms with E-state index >= 15 is 0 Å². The first-order chi connectivity index (χ1) is 12.2. The number of carbonyl (C=O) groups is 1. The monoisotopic (exact) mass is 355 g/mol. The topological polar surface area (TPSA) is 56.8 Å². The molecule has 25 heavy (non-hydrogen) atoms. The van der Waals surface area contributed by atoms with E-state index in [0.29, 0.717) is 4.77 Å². The summed E-state index contributed by atoms with van der Waals surface area (Å²) in [5, 5.41) is 7.08. The number of hydrogen-bond acceptors (Lipinski definition) is 3. The van der Waals surface area contributed by atoms with E-state index in [1.807, 2.05) is 36.7 Å². The molecule has 0 radical (unpaired) electrons. The molecule has 1 N–H and O–H groups in total. The fourth-order valence-corrected chi connectivity index (χ4v) is 2.79. The highest BCUT2D eigenvalue weighted by atomic mass is 32.1. The van der Waals surface area contributed by atoms with E-state index in [0.717, 1.165) is 12.1 Å². The first kappa shape index (κ1) is 17.2. The molecule has 0 bridgehead atoms. The normalized spacial score (nSPS) is 10.8. The fraction of sp³-hybridized carbons (Fsp3) is 0.278. The lowest BCUT2D eigenvalue weighted by Crippen LogP contribution is -2.20. The zero-order valence-corrected chi connectivity index (χ0v) is 14.9. The zero-order chi connectivity index (χ0) is 17.6. The van der Waals surface area contributed by atoms with Crippen LogP contribution in [0.3, 0.4) is 0 Å². The van der Waals surface area contributed by atoms with Crippen molar-refractivity contribution < 1.29 is 4.79 Å². The molecular weight excluding hydrogens is 334 g/mol. The van der Waals surface area contributed by atoms with Gasteiger partial charge >= 0.3 is 0 Å². The van der Waals surface area contributed by atoms with Crippen LogP contribution in [0.4, 0.5) is 5.69 Å². The van der Waals surface area contributed by atoms with Crippen LogP contribution < -0.4 is 5.32 Å². The Balaban J connectivity index is 1.62. The van der Waals surface area contributed by atoms with Crippen LogP contribution in [-0.4, -0.2) is 25.0 Å². The van der Waals surface area contributed by atoms with Gasteiger partial charge in [0.25, 0.3) is 0 Å². The summed E-state index contributed by atoms with van der Waals surface area (Å²) in [4.78, 5) is 12.3. The maximum atomic E-state index is 12.3. The Hall–Kier alpha value is -2.67. The average molecular weight is 355 g/mol. The summed E-state index contributed by atoms with van der Waals surface area (Å²) in [5.41, 5.74) is 2.06. The molecule has 1 aromatic carbocycles. The standard InChI is InChI=1S/C18H21N5OS/c1-2-3-6-15-7-9-16(10-8-15)20-17(24)13-22-18(25)23(14-19-22)21-11-4-5-12-21/h4-5,7-12,14H,2-3,6,13H2,1H3,(H,20,24). The van der Waals surface area contributed by atoms with E-state index in [9.17, 15) is 4.79 Å². The van der Waals surface area contributed by atoms with Crippen molar-refractivity contribution >= 4 is 23.8 Å². The predicted octanol–water partition coefficient (Wildman–Crippen LogP) is 3.51. The summed E-state index contributed by atoms with van der Waals surface area (Å²) in [6, 6.07) is 11.8. The third-order valence-electron chi connectivity index (χ3n) is 3.90. The molecule has 130 valence electrons. The molecular formula is C18H21N5OS. The number of rotatable bonds is 7. The Kier molecular flexibility index (Phi) is 5.45. The van der Waals surface area contributed by atoms with Gasteiger partial charge in [0, 0.05) is 18.1 Å². The molecule has 0 fully saturated rings. The number of unbranched alkanes of at least 4 members (excludes halogenated alkanes) is 1. The summed E-state index contributed by atoms with van der Waals surface area (Å²) >= 11 is 5.38. The second-order valence-corrected chi connectivity index (χ2v) is 6.19. The van der Waals surface area contributed by atoms with Crippen molar-refractivity contribution in [2.75, 3.05) is 5.32 Å². The molecule has 7 heteroatoms. The van der Waals surface area contributed by atoms with E-state index in [4.69, 9.17) is 12.2 Å². The molecule has 0 aliphatic heterocycles. The quantitative estimate of drug-likeness (QED) is 0.660. The van der Waals surface area contributed by atoms with Crippen LogP contribution in [0.15, 0.2) is 55.1 Å². The zero-order valence-electron chi connectivity index (χ0n) is 14.1. The molecule has 0 saturated carbocycles. The van der Waals surface area contributed by atoms with E-state index in [-0.39, 0.29) is 12.5 Å². The van der Waals surface area contributed by atoms with Crippen LogP contribution in [-0.2, 0) is 17.8 Å². The number of carbonyl (C=O) groups excluding carboxylic acids is 1. The molecule has 3 aromatic rings. The van der Waals surface area contributed by atoms with Crippen molar-refractivity contribution in [1.29, 1.82) is 0 Å². The lowest BCUT2D eigenvalue weighted by Gasteiger charge is -2.07. The number of nitrogens with zero attached hydrogens (tertiary/aromatic N) is 4. The number of nitrogens with one attached hydrogen (secondary N) is 1. The molecule has 6 nitrogen and oxygen atoms in total. The molecule has 0 atom stereocenters. The first-order valence-electron chi connectivity index (χ1n) is 8.34. The minimum absolute atomic E-state index is 0.0741. The van der Waals surface area contributed by atoms with Crippen LogP contribution in [0.2, 0.25) is 0 Å². The van der Waals surface area contributed by atoms with Gasteiger partial charge in [-0.1, -0.05) is 25.5 Å². The second-order valence-electron chi connectivity index (χ2n) is 5.83. The SMILES string of the molecule is CCCCc1ccc(NC(=O)Cn2ncn(-n3cccc3)c2=S)cc1. The maximum absolute atomic E-state index is 12.3. The van der Waals surface area contributed by atoms with Crippen LogP contribution in [0, 0.1) is 4.77 Å². The van der Waals surface area contributed by atoms with Crippen molar-refractivity contribution in [2.24, 2.45) is 0 Å². The van der Waals surface area contributed by atoms with Crippen molar-refractivity contribution in [2.45, 2.75) is 32.7 Å². The summed E-state index contributed by atoms with van der Waals surface area (Å²) in [5.74, 6) is -0.157. The first-order valence-corrected chi connectivity index (χ1v) is 8.75. The van der Waals surface area contributed by atoms with E-state index in [1.54, 1.807) is 15.7 Å². The summed E-state index contributed by atoms with van der Waals surface area (Å²) in [6.07, 6.45) is 8.74. The Morgan fingerprint density at radius 2 is 1.92 bits per heavy atom. The van der Waals surface area contributed by atoms with Gasteiger partial charge in [0.15, 0.2) is 0 Å². The van der Waals surface area contributed by atoms with Crippen molar-refractivity contribution in [1.82, 2.24) is 19.1 Å². The van der Waals surface area contributed by atoms with Crippen LogP contribution in [0.5, 0.6) is 0 Å². The fourth-order valence-electron chi connectivity index (χ4n) is 2.54. The van der Waals surface area contributed by atoms with Crippen molar-refractivity contribution in [3.8, 4) is 0 Å². The average Bonchev–Trinajstić information content (AvgIpc) is 3.25. The number of anilines is 1. The molecule has 0 unspecified atom stereocenters. The second kappa shape index (κ2) is 7.94. The van der Waals surface area contributed by atoms with Gasteiger partial charge in [0.1, 0.15) is 12.9 Å². The summed E-state index contributed by atoms with van der Waals surface area (Å²) in [7, 11) is 0. The van der Waals surface area contributed by atoms with Gasteiger partial charge in [-0.25, -0.2) is 9.36 Å². The lowest BCUT2D eigenvalue weighted by molar-refractivity contribution is -0.116. The van der Waals surface area contributed by atoms with Gasteiger partial charge in [-0.05, 0) is 54.9 Å². The molecule has 0 spiro atoms. The van der Waals surface area contributed by atoms with Crippen molar-refractivity contribution in [3.05, 3.63) is 65.5 Å². The van der Waals surface area contributed by atoms with Gasteiger partial charge in [-0.15, -0.1) is 0 Å². The highest BCUT2D eigenvalue weighted by molar-refractivity contribution is 7.71. The Labute approximate surface area is 151 Å². The maximum Gasteiger partial charge on any atom is 0.246 e. The minimum Gasteiger partial charge on any atom is -0.324 e. The van der Waals surface area contributed by atoms with Gasteiger partial charge in [0.05, 0.1) is 0 Å². The molecule has 0 saturated heterocycles. The van der Waals surface area contributed by atoms with Gasteiger partial charge in [-0.2, -0.15) is 5.10 Å². The molecule has 2 aromatic heterocycles. The smallest absolute Gasteiger partial charge is 0.246 e. The van der Waals surface area contributed by atoms with Crippen LogP contribution in [0.1, 0.15) is 25.3 Å². The summed E-state index contributed by atoms with van der Waals surface area (Å²) < 4.78 is 5.46. The van der Waals surface area contributed by atoms with E-state index < -0.39 is 0 Å². The lowest BCUT2D eigenvalue weighted by atomic mass is 10.1. The number of benzene rings is 1. The number of aromatic nitrogens is 4. The Bertz CT molecular complexity index is 877. The van der Waals surface area contributed by atoms with E-state index in [1.165, 1.54) is 23.1 Å². The van der Waals surface area contributed by atoms with Gasteiger partial charge in [0.2, 0.25) is 10.7 Å². The molecule has 2 heterocycles. The third kappa shape index (κ3) is 4.24. The van der Waals surface area contributed by atoms with Crippen LogP contribution >= 0.6 is 12.2 Å². The van der Waals surface area contributed by atoms with Gasteiger partial charge < -0.3 is 5.32 Å². The number of aryl methyl sites for hydroxylation is 1. The molecule has 0 aliphatic carbocycles. The summed E-state index contributed by atoms with van der Waals surface area (Å²) in [6.45, 7) is 2.25. The largest absolute Gasteiger partial charge is 0.324 e. The van der Waals surface area contributed by atoms with Crippen molar-refractivity contribution in [3.63, 3.8) is 0 Å². The molecule has 1 amide bonds.